The van der Waals surface area contributed by atoms with Crippen molar-refractivity contribution in [1.29, 1.82) is 0 Å². The average Bonchev–Trinajstić information content (AvgIpc) is 2.41. The van der Waals surface area contributed by atoms with Crippen LogP contribution in [-0.4, -0.2) is 6.54 Å². The van der Waals surface area contributed by atoms with E-state index in [4.69, 9.17) is 9.47 Å². The van der Waals surface area contributed by atoms with Crippen LogP contribution in [0.1, 0.15) is 26.3 Å². The van der Waals surface area contributed by atoms with Crippen LogP contribution in [-0.2, 0) is 5.41 Å². The lowest BCUT2D eigenvalue weighted by atomic mass is 9.86. The van der Waals surface area contributed by atoms with Gasteiger partial charge in [-0.25, -0.2) is 0 Å². The second-order valence-electron chi connectivity index (χ2n) is 4.39. The van der Waals surface area contributed by atoms with Gasteiger partial charge in [0.2, 0.25) is 0 Å². The number of fused-ring (bicyclic) bond motifs is 1. The van der Waals surface area contributed by atoms with Gasteiger partial charge in [-0.15, -0.1) is 0 Å². The summed E-state index contributed by atoms with van der Waals surface area (Å²) in [7, 11) is 0. The first-order chi connectivity index (χ1) is 6.48. The van der Waals surface area contributed by atoms with Gasteiger partial charge in [0.15, 0.2) is 11.5 Å². The van der Waals surface area contributed by atoms with E-state index in [9.17, 15) is 4.39 Å². The molecule has 0 amide bonds. The fourth-order valence-corrected chi connectivity index (χ4v) is 1.54. The smallest absolute Gasteiger partial charge is 0.397 e. The van der Waals surface area contributed by atoms with Gasteiger partial charge in [0, 0.05) is 5.56 Å². The molecule has 1 aromatic rings. The SMILES string of the molecule is CC(C)(C)c1cccc2c1OC(F)O2. The zero-order chi connectivity index (χ0) is 10.3. The standard InChI is InChI=1S/C11H13FO2/c1-11(2,3)7-5-4-6-8-9(7)14-10(12)13-8/h4-6,10H,1-3H3. The number of para-hydroxylation sites is 1. The Balaban J connectivity index is 2.50. The molecular weight excluding hydrogens is 183 g/mol. The molecule has 2 nitrogen and oxygen atoms in total. The first-order valence-electron chi connectivity index (χ1n) is 4.59. The summed E-state index contributed by atoms with van der Waals surface area (Å²) in [5.41, 5.74) is 0.897. The van der Waals surface area contributed by atoms with Crippen LogP contribution in [0.25, 0.3) is 0 Å². The van der Waals surface area contributed by atoms with Gasteiger partial charge < -0.3 is 9.47 Å². The van der Waals surface area contributed by atoms with Crippen LogP contribution < -0.4 is 9.47 Å². The van der Waals surface area contributed by atoms with E-state index in [1.165, 1.54) is 0 Å². The number of ether oxygens (including phenoxy) is 2. The Morgan fingerprint density at radius 1 is 1.21 bits per heavy atom. The van der Waals surface area contributed by atoms with Crippen molar-refractivity contribution >= 4 is 0 Å². The van der Waals surface area contributed by atoms with Crippen LogP contribution in [0.5, 0.6) is 11.5 Å². The normalized spacial score (nSPS) is 19.9. The van der Waals surface area contributed by atoms with Gasteiger partial charge in [-0.3, -0.25) is 0 Å². The van der Waals surface area contributed by atoms with Crippen molar-refractivity contribution in [3.05, 3.63) is 23.8 Å². The molecule has 0 bridgehead atoms. The van der Waals surface area contributed by atoms with E-state index in [1.807, 2.05) is 12.1 Å². The van der Waals surface area contributed by atoms with Crippen LogP contribution in [0, 0.1) is 0 Å². The second-order valence-corrected chi connectivity index (χ2v) is 4.39. The lowest BCUT2D eigenvalue weighted by Crippen LogP contribution is -2.14. The minimum absolute atomic E-state index is 0.0707. The maximum atomic E-state index is 12.8. The molecule has 1 heterocycles. The highest BCUT2D eigenvalue weighted by molar-refractivity contribution is 5.51. The van der Waals surface area contributed by atoms with Crippen LogP contribution in [0.15, 0.2) is 18.2 Å². The van der Waals surface area contributed by atoms with Crippen molar-refractivity contribution in [2.24, 2.45) is 0 Å². The van der Waals surface area contributed by atoms with Gasteiger partial charge in [0.05, 0.1) is 0 Å². The number of halogens is 1. The number of rotatable bonds is 0. The Morgan fingerprint density at radius 3 is 2.57 bits per heavy atom. The lowest BCUT2D eigenvalue weighted by Gasteiger charge is -2.20. The Bertz CT molecular complexity index is 355. The van der Waals surface area contributed by atoms with Crippen molar-refractivity contribution in [1.82, 2.24) is 0 Å². The van der Waals surface area contributed by atoms with Gasteiger partial charge in [0.1, 0.15) is 0 Å². The summed E-state index contributed by atoms with van der Waals surface area (Å²) in [6, 6.07) is 5.49. The molecule has 0 saturated heterocycles. The monoisotopic (exact) mass is 196 g/mol. The first kappa shape index (κ1) is 9.31. The Kier molecular flexibility index (Phi) is 1.91. The predicted molar refractivity (Wildman–Crippen MR) is 51.3 cm³/mol. The number of hydrogen-bond donors (Lipinski definition) is 0. The highest BCUT2D eigenvalue weighted by atomic mass is 19.2. The van der Waals surface area contributed by atoms with Gasteiger partial charge in [-0.05, 0) is 11.5 Å². The number of alkyl halides is 1. The summed E-state index contributed by atoms with van der Waals surface area (Å²) in [5.74, 6) is 1.03. The molecule has 3 heteroatoms. The minimum atomic E-state index is -1.66. The van der Waals surface area contributed by atoms with Crippen molar-refractivity contribution in [2.75, 3.05) is 0 Å². The fraction of sp³-hybridized carbons (Fsp3) is 0.455. The molecule has 0 aliphatic carbocycles. The molecule has 0 saturated carbocycles. The molecule has 0 radical (unpaired) electrons. The van der Waals surface area contributed by atoms with Crippen LogP contribution >= 0.6 is 0 Å². The molecule has 0 fully saturated rings. The number of benzene rings is 1. The van der Waals surface area contributed by atoms with Gasteiger partial charge in [0.25, 0.3) is 0 Å². The molecule has 1 unspecified atom stereocenters. The molecule has 1 atom stereocenters. The lowest BCUT2D eigenvalue weighted by molar-refractivity contribution is -0.0656. The molecular formula is C11H13FO2. The van der Waals surface area contributed by atoms with Gasteiger partial charge in [-0.2, -0.15) is 4.39 Å². The van der Waals surface area contributed by atoms with Crippen LogP contribution in [0.4, 0.5) is 4.39 Å². The molecule has 0 spiro atoms. The summed E-state index contributed by atoms with van der Waals surface area (Å²) in [5, 5.41) is 0. The summed E-state index contributed by atoms with van der Waals surface area (Å²) in [4.78, 5) is 0. The zero-order valence-electron chi connectivity index (χ0n) is 8.50. The third-order valence-corrected chi connectivity index (χ3v) is 2.22. The summed E-state index contributed by atoms with van der Waals surface area (Å²) < 4.78 is 22.7. The van der Waals surface area contributed by atoms with E-state index in [1.54, 1.807) is 6.07 Å². The van der Waals surface area contributed by atoms with E-state index in [2.05, 4.69) is 20.8 Å². The highest BCUT2D eigenvalue weighted by Crippen LogP contribution is 2.42. The Hall–Kier alpha value is -1.25. The predicted octanol–water partition coefficient (Wildman–Crippen LogP) is 3.01. The maximum Gasteiger partial charge on any atom is 0.397 e. The Morgan fingerprint density at radius 2 is 1.93 bits per heavy atom. The van der Waals surface area contributed by atoms with Crippen molar-refractivity contribution in [2.45, 2.75) is 32.7 Å². The maximum absolute atomic E-state index is 12.8. The minimum Gasteiger partial charge on any atom is -0.425 e. The van der Waals surface area contributed by atoms with E-state index >= 15 is 0 Å². The molecule has 1 aromatic carbocycles. The molecule has 0 aromatic heterocycles. The van der Waals surface area contributed by atoms with Crippen molar-refractivity contribution in [3.63, 3.8) is 0 Å². The van der Waals surface area contributed by atoms with E-state index in [0.717, 1.165) is 5.56 Å². The van der Waals surface area contributed by atoms with Gasteiger partial charge in [-0.1, -0.05) is 32.9 Å². The van der Waals surface area contributed by atoms with Crippen molar-refractivity contribution < 1.29 is 13.9 Å². The highest BCUT2D eigenvalue weighted by Gasteiger charge is 2.30. The van der Waals surface area contributed by atoms with E-state index in [0.29, 0.717) is 11.5 Å². The van der Waals surface area contributed by atoms with E-state index < -0.39 is 6.54 Å². The molecule has 14 heavy (non-hydrogen) atoms. The third-order valence-electron chi connectivity index (χ3n) is 2.22. The fourth-order valence-electron chi connectivity index (χ4n) is 1.54. The quantitative estimate of drug-likeness (QED) is 0.635. The topological polar surface area (TPSA) is 18.5 Å². The summed E-state index contributed by atoms with van der Waals surface area (Å²) in [6.07, 6.45) is 0. The molecule has 0 N–H and O–H groups in total. The Labute approximate surface area is 82.6 Å². The van der Waals surface area contributed by atoms with Gasteiger partial charge >= 0.3 is 6.54 Å². The zero-order valence-corrected chi connectivity index (χ0v) is 8.50. The molecule has 1 aliphatic heterocycles. The van der Waals surface area contributed by atoms with Crippen molar-refractivity contribution in [3.8, 4) is 11.5 Å². The van der Waals surface area contributed by atoms with Crippen LogP contribution in [0.2, 0.25) is 0 Å². The second kappa shape index (κ2) is 2.87. The molecule has 2 rings (SSSR count). The molecule has 1 aliphatic rings. The largest absolute Gasteiger partial charge is 0.425 e. The van der Waals surface area contributed by atoms with E-state index in [-0.39, 0.29) is 5.41 Å². The third kappa shape index (κ3) is 1.43. The number of hydrogen-bond acceptors (Lipinski definition) is 2. The average molecular weight is 196 g/mol. The molecule has 76 valence electrons. The summed E-state index contributed by atoms with van der Waals surface area (Å²) in [6.45, 7) is 4.50. The summed E-state index contributed by atoms with van der Waals surface area (Å²) >= 11 is 0. The first-order valence-corrected chi connectivity index (χ1v) is 4.59. The van der Waals surface area contributed by atoms with Crippen LogP contribution in [0.3, 0.4) is 0 Å².